The molecular weight excluding hydrogens is 414 g/mol. The van der Waals surface area contributed by atoms with Crippen LogP contribution in [0.3, 0.4) is 0 Å². The fourth-order valence-electron chi connectivity index (χ4n) is 3.04. The van der Waals surface area contributed by atoms with Crippen LogP contribution in [0.4, 0.5) is 0 Å². The number of carbonyl (C=O) groups excluding carboxylic acids is 2. The SMILES string of the molecule is COc1ccc(C=NNC(=O)CNC(=O)C(c2ccccc2)c2ccccc2)cc1Cl. The summed E-state index contributed by atoms with van der Waals surface area (Å²) < 4.78 is 5.09. The van der Waals surface area contributed by atoms with Crippen molar-refractivity contribution in [3.63, 3.8) is 0 Å². The molecule has 0 spiro atoms. The molecule has 0 atom stereocenters. The lowest BCUT2D eigenvalue weighted by atomic mass is 9.90. The molecule has 0 heterocycles. The average Bonchev–Trinajstić information content (AvgIpc) is 2.79. The summed E-state index contributed by atoms with van der Waals surface area (Å²) in [5.41, 5.74) is 4.79. The Hall–Kier alpha value is -3.64. The molecule has 0 fully saturated rings. The van der Waals surface area contributed by atoms with Gasteiger partial charge in [-0.05, 0) is 34.9 Å². The number of rotatable bonds is 8. The topological polar surface area (TPSA) is 79.8 Å². The second-order valence-electron chi connectivity index (χ2n) is 6.66. The van der Waals surface area contributed by atoms with Crippen LogP contribution >= 0.6 is 11.6 Å². The van der Waals surface area contributed by atoms with Crippen LogP contribution in [0.1, 0.15) is 22.6 Å². The van der Waals surface area contributed by atoms with E-state index in [4.69, 9.17) is 16.3 Å². The molecule has 6 nitrogen and oxygen atoms in total. The van der Waals surface area contributed by atoms with Crippen LogP contribution in [0.2, 0.25) is 5.02 Å². The van der Waals surface area contributed by atoms with Crippen molar-refractivity contribution in [3.05, 3.63) is 101 Å². The smallest absolute Gasteiger partial charge is 0.259 e. The van der Waals surface area contributed by atoms with Gasteiger partial charge in [-0.1, -0.05) is 72.3 Å². The first-order valence-electron chi connectivity index (χ1n) is 9.61. The summed E-state index contributed by atoms with van der Waals surface area (Å²) in [4.78, 5) is 25.0. The minimum atomic E-state index is -0.514. The van der Waals surface area contributed by atoms with Gasteiger partial charge in [-0.25, -0.2) is 5.43 Å². The number of carbonyl (C=O) groups is 2. The van der Waals surface area contributed by atoms with Crippen molar-refractivity contribution in [2.45, 2.75) is 5.92 Å². The summed E-state index contributed by atoms with van der Waals surface area (Å²) in [7, 11) is 1.53. The van der Waals surface area contributed by atoms with Gasteiger partial charge in [0.25, 0.3) is 5.91 Å². The van der Waals surface area contributed by atoms with Gasteiger partial charge in [-0.3, -0.25) is 9.59 Å². The second-order valence-corrected chi connectivity index (χ2v) is 7.07. The van der Waals surface area contributed by atoms with Crippen LogP contribution in [-0.2, 0) is 9.59 Å². The first-order chi connectivity index (χ1) is 15.1. The Labute approximate surface area is 185 Å². The fraction of sp³-hybridized carbons (Fsp3) is 0.125. The minimum absolute atomic E-state index is 0.199. The monoisotopic (exact) mass is 435 g/mol. The van der Waals surface area contributed by atoms with E-state index in [1.54, 1.807) is 18.2 Å². The molecule has 3 aromatic rings. The van der Waals surface area contributed by atoms with E-state index >= 15 is 0 Å². The number of halogens is 1. The van der Waals surface area contributed by atoms with Gasteiger partial charge in [-0.15, -0.1) is 0 Å². The highest BCUT2D eigenvalue weighted by Gasteiger charge is 2.22. The molecule has 3 rings (SSSR count). The van der Waals surface area contributed by atoms with Crippen molar-refractivity contribution in [1.29, 1.82) is 0 Å². The zero-order valence-corrected chi connectivity index (χ0v) is 17.7. The Morgan fingerprint density at radius 1 is 1.00 bits per heavy atom. The molecule has 2 N–H and O–H groups in total. The first kappa shape index (κ1) is 22.1. The molecule has 0 aromatic heterocycles. The quantitative estimate of drug-likeness (QED) is 0.417. The van der Waals surface area contributed by atoms with Gasteiger partial charge in [0.15, 0.2) is 0 Å². The number of amides is 2. The summed E-state index contributed by atoms with van der Waals surface area (Å²) in [5.74, 6) is -0.667. The van der Waals surface area contributed by atoms with Crippen LogP contribution in [0.5, 0.6) is 5.75 Å². The molecule has 0 saturated carbocycles. The van der Waals surface area contributed by atoms with E-state index in [9.17, 15) is 9.59 Å². The lowest BCUT2D eigenvalue weighted by Gasteiger charge is -2.17. The maximum absolute atomic E-state index is 12.9. The van der Waals surface area contributed by atoms with Gasteiger partial charge in [0.2, 0.25) is 5.91 Å². The third kappa shape index (κ3) is 6.17. The Morgan fingerprint density at radius 3 is 2.16 bits per heavy atom. The lowest BCUT2D eigenvalue weighted by Crippen LogP contribution is -2.37. The highest BCUT2D eigenvalue weighted by Crippen LogP contribution is 2.25. The Bertz CT molecular complexity index is 1020. The standard InChI is InChI=1S/C24H22ClN3O3/c1-31-21-13-12-17(14-20(21)25)15-27-28-22(29)16-26-24(30)23(18-8-4-2-5-9-18)19-10-6-3-7-11-19/h2-15,23H,16H2,1H3,(H,26,30)(H,28,29). The van der Waals surface area contributed by atoms with Crippen LogP contribution in [0.15, 0.2) is 84.0 Å². The molecule has 3 aromatic carbocycles. The second kappa shape index (κ2) is 10.9. The predicted octanol–water partition coefficient (Wildman–Crippen LogP) is 3.75. The number of nitrogens with zero attached hydrogens (tertiary/aromatic N) is 1. The molecule has 0 aliphatic rings. The summed E-state index contributed by atoms with van der Waals surface area (Å²) in [6, 6.07) is 24.0. The number of methoxy groups -OCH3 is 1. The number of hydrazone groups is 1. The molecule has 0 aliphatic carbocycles. The minimum Gasteiger partial charge on any atom is -0.495 e. The molecule has 0 bridgehead atoms. The van der Waals surface area contributed by atoms with Crippen LogP contribution < -0.4 is 15.5 Å². The summed E-state index contributed by atoms with van der Waals surface area (Å²) in [6.07, 6.45) is 1.46. The van der Waals surface area contributed by atoms with Crippen molar-refractivity contribution in [2.75, 3.05) is 13.7 Å². The van der Waals surface area contributed by atoms with Gasteiger partial charge in [-0.2, -0.15) is 5.10 Å². The van der Waals surface area contributed by atoms with E-state index in [-0.39, 0.29) is 12.5 Å². The third-order valence-corrected chi connectivity index (χ3v) is 4.83. The van der Waals surface area contributed by atoms with Crippen LogP contribution in [0.25, 0.3) is 0 Å². The van der Waals surface area contributed by atoms with Crippen molar-refractivity contribution in [2.24, 2.45) is 5.10 Å². The molecule has 31 heavy (non-hydrogen) atoms. The number of nitrogens with one attached hydrogen (secondary N) is 2. The molecule has 158 valence electrons. The van der Waals surface area contributed by atoms with Gasteiger partial charge in [0.05, 0.1) is 30.8 Å². The highest BCUT2D eigenvalue weighted by atomic mass is 35.5. The zero-order chi connectivity index (χ0) is 22.1. The fourth-order valence-corrected chi connectivity index (χ4v) is 3.30. The van der Waals surface area contributed by atoms with E-state index in [0.717, 1.165) is 11.1 Å². The van der Waals surface area contributed by atoms with Crippen molar-refractivity contribution in [3.8, 4) is 5.75 Å². The van der Waals surface area contributed by atoms with Gasteiger partial charge in [0, 0.05) is 0 Å². The maximum atomic E-state index is 12.9. The van der Waals surface area contributed by atoms with Crippen molar-refractivity contribution in [1.82, 2.24) is 10.7 Å². The van der Waals surface area contributed by atoms with Gasteiger partial charge >= 0.3 is 0 Å². The number of benzene rings is 3. The van der Waals surface area contributed by atoms with Crippen LogP contribution in [0, 0.1) is 0 Å². The Balaban J connectivity index is 1.59. The lowest BCUT2D eigenvalue weighted by molar-refractivity contribution is -0.126. The molecule has 7 heteroatoms. The van der Waals surface area contributed by atoms with Crippen LogP contribution in [-0.4, -0.2) is 31.7 Å². The summed E-state index contributed by atoms with van der Waals surface area (Å²) >= 11 is 6.06. The van der Waals surface area contributed by atoms with E-state index in [1.807, 2.05) is 60.7 Å². The molecule has 2 amide bonds. The molecule has 0 aliphatic heterocycles. The molecular formula is C24H22ClN3O3. The van der Waals surface area contributed by atoms with E-state index in [2.05, 4.69) is 15.8 Å². The van der Waals surface area contributed by atoms with Gasteiger partial charge < -0.3 is 10.1 Å². The van der Waals surface area contributed by atoms with E-state index in [1.165, 1.54) is 13.3 Å². The Morgan fingerprint density at radius 2 is 1.61 bits per heavy atom. The van der Waals surface area contributed by atoms with E-state index in [0.29, 0.717) is 16.3 Å². The normalized spacial score (nSPS) is 10.8. The average molecular weight is 436 g/mol. The largest absolute Gasteiger partial charge is 0.495 e. The van der Waals surface area contributed by atoms with Gasteiger partial charge in [0.1, 0.15) is 5.75 Å². The van der Waals surface area contributed by atoms with Crippen molar-refractivity contribution < 1.29 is 14.3 Å². The molecule has 0 unspecified atom stereocenters. The summed E-state index contributed by atoms with van der Waals surface area (Å²) in [6.45, 7) is -0.199. The Kier molecular flexibility index (Phi) is 7.79. The number of hydrogen-bond acceptors (Lipinski definition) is 4. The number of hydrogen-bond donors (Lipinski definition) is 2. The molecule has 0 radical (unpaired) electrons. The summed E-state index contributed by atoms with van der Waals surface area (Å²) in [5, 5.41) is 7.03. The van der Waals surface area contributed by atoms with E-state index < -0.39 is 11.8 Å². The maximum Gasteiger partial charge on any atom is 0.259 e. The van der Waals surface area contributed by atoms with Crippen molar-refractivity contribution >= 4 is 29.6 Å². The third-order valence-electron chi connectivity index (χ3n) is 4.53. The molecule has 0 saturated heterocycles. The number of ether oxygens (including phenoxy) is 1. The zero-order valence-electron chi connectivity index (χ0n) is 16.9. The first-order valence-corrected chi connectivity index (χ1v) is 9.99. The predicted molar refractivity (Wildman–Crippen MR) is 121 cm³/mol. The highest BCUT2D eigenvalue weighted by molar-refractivity contribution is 6.32.